The number of carbonyl (C=O) groups excluding carboxylic acids is 1. The molecule has 4 nitrogen and oxygen atoms in total. The van der Waals surface area contributed by atoms with E-state index in [0.29, 0.717) is 18.5 Å². The van der Waals surface area contributed by atoms with E-state index in [1.165, 1.54) is 6.42 Å². The summed E-state index contributed by atoms with van der Waals surface area (Å²) in [6, 6.07) is 6.03. The third kappa shape index (κ3) is 3.47. The zero-order valence-corrected chi connectivity index (χ0v) is 11.9. The first-order chi connectivity index (χ1) is 8.95. The fourth-order valence-corrected chi connectivity index (χ4v) is 2.81. The summed E-state index contributed by atoms with van der Waals surface area (Å²) in [6.07, 6.45) is 1.17. The maximum Gasteiger partial charge on any atom is 0.238 e. The first kappa shape index (κ1) is 13.9. The van der Waals surface area contributed by atoms with E-state index in [-0.39, 0.29) is 5.91 Å². The van der Waals surface area contributed by atoms with Crippen LogP contribution in [0.25, 0.3) is 0 Å². The SMILES string of the molecule is Cc1cc(N)ccc1NC(=O)CN1CC(C)CC1C. The summed E-state index contributed by atoms with van der Waals surface area (Å²) in [5.41, 5.74) is 8.27. The molecule has 1 aliphatic heterocycles. The summed E-state index contributed by atoms with van der Waals surface area (Å²) in [5.74, 6) is 0.731. The molecule has 2 atom stereocenters. The van der Waals surface area contributed by atoms with Crippen molar-refractivity contribution in [2.45, 2.75) is 33.2 Å². The van der Waals surface area contributed by atoms with Gasteiger partial charge in [-0.05, 0) is 49.9 Å². The Kier molecular flexibility index (Phi) is 4.10. The van der Waals surface area contributed by atoms with E-state index in [0.717, 1.165) is 23.5 Å². The molecule has 0 aromatic heterocycles. The van der Waals surface area contributed by atoms with Crippen LogP contribution >= 0.6 is 0 Å². The van der Waals surface area contributed by atoms with Crippen LogP contribution in [0.3, 0.4) is 0 Å². The Morgan fingerprint density at radius 3 is 2.79 bits per heavy atom. The van der Waals surface area contributed by atoms with Crippen LogP contribution in [0.5, 0.6) is 0 Å². The molecule has 104 valence electrons. The lowest BCUT2D eigenvalue weighted by Crippen LogP contribution is -2.35. The number of nitrogen functional groups attached to an aromatic ring is 1. The smallest absolute Gasteiger partial charge is 0.238 e. The highest BCUT2D eigenvalue weighted by molar-refractivity contribution is 5.93. The van der Waals surface area contributed by atoms with E-state index >= 15 is 0 Å². The number of carbonyl (C=O) groups is 1. The molecule has 4 heteroatoms. The van der Waals surface area contributed by atoms with Gasteiger partial charge in [-0.2, -0.15) is 0 Å². The van der Waals surface area contributed by atoms with Crippen LogP contribution in [0.15, 0.2) is 18.2 Å². The van der Waals surface area contributed by atoms with E-state index in [2.05, 4.69) is 24.1 Å². The fraction of sp³-hybridized carbons (Fsp3) is 0.533. The Hall–Kier alpha value is -1.55. The molecule has 1 amide bonds. The number of nitrogens with zero attached hydrogens (tertiary/aromatic N) is 1. The molecule has 1 aromatic carbocycles. The van der Waals surface area contributed by atoms with Gasteiger partial charge in [-0.25, -0.2) is 0 Å². The number of benzene rings is 1. The molecular weight excluding hydrogens is 238 g/mol. The molecular formula is C15H23N3O. The molecule has 0 saturated carbocycles. The number of nitrogens with two attached hydrogens (primary N) is 1. The Bertz CT molecular complexity index is 472. The predicted molar refractivity (Wildman–Crippen MR) is 79.0 cm³/mol. The van der Waals surface area contributed by atoms with Gasteiger partial charge in [0.2, 0.25) is 5.91 Å². The third-order valence-corrected chi connectivity index (χ3v) is 3.78. The van der Waals surface area contributed by atoms with Crippen molar-refractivity contribution in [2.75, 3.05) is 24.1 Å². The number of nitrogens with one attached hydrogen (secondary N) is 1. The van der Waals surface area contributed by atoms with Crippen LogP contribution in [-0.2, 0) is 4.79 Å². The summed E-state index contributed by atoms with van der Waals surface area (Å²) in [6.45, 7) is 7.85. The van der Waals surface area contributed by atoms with Gasteiger partial charge >= 0.3 is 0 Å². The summed E-state index contributed by atoms with van der Waals surface area (Å²) in [4.78, 5) is 14.3. The van der Waals surface area contributed by atoms with Gasteiger partial charge in [0, 0.05) is 24.0 Å². The molecule has 3 N–H and O–H groups in total. The van der Waals surface area contributed by atoms with Crippen LogP contribution in [0.1, 0.15) is 25.8 Å². The first-order valence-corrected chi connectivity index (χ1v) is 6.85. The topological polar surface area (TPSA) is 58.4 Å². The van der Waals surface area contributed by atoms with Crippen molar-refractivity contribution in [3.63, 3.8) is 0 Å². The van der Waals surface area contributed by atoms with E-state index < -0.39 is 0 Å². The van der Waals surface area contributed by atoms with Gasteiger partial charge in [0.25, 0.3) is 0 Å². The van der Waals surface area contributed by atoms with Crippen LogP contribution < -0.4 is 11.1 Å². The molecule has 19 heavy (non-hydrogen) atoms. The molecule has 1 aliphatic rings. The molecule has 2 unspecified atom stereocenters. The van der Waals surface area contributed by atoms with Crippen molar-refractivity contribution in [3.05, 3.63) is 23.8 Å². The average molecular weight is 261 g/mol. The number of amides is 1. The summed E-state index contributed by atoms with van der Waals surface area (Å²) >= 11 is 0. The lowest BCUT2D eigenvalue weighted by Gasteiger charge is -2.20. The van der Waals surface area contributed by atoms with Crippen molar-refractivity contribution in [3.8, 4) is 0 Å². The first-order valence-electron chi connectivity index (χ1n) is 6.85. The fourth-order valence-electron chi connectivity index (χ4n) is 2.81. The van der Waals surface area contributed by atoms with E-state index in [4.69, 9.17) is 5.73 Å². The zero-order chi connectivity index (χ0) is 14.0. The second kappa shape index (κ2) is 5.61. The Balaban J connectivity index is 1.94. The van der Waals surface area contributed by atoms with Gasteiger partial charge in [-0.3, -0.25) is 9.69 Å². The van der Waals surface area contributed by atoms with Crippen LogP contribution in [0.2, 0.25) is 0 Å². The van der Waals surface area contributed by atoms with Gasteiger partial charge in [-0.1, -0.05) is 6.92 Å². The highest BCUT2D eigenvalue weighted by atomic mass is 16.2. The number of rotatable bonds is 3. The lowest BCUT2D eigenvalue weighted by molar-refractivity contribution is -0.117. The second-order valence-electron chi connectivity index (χ2n) is 5.74. The van der Waals surface area contributed by atoms with Crippen molar-refractivity contribution in [1.29, 1.82) is 0 Å². The van der Waals surface area contributed by atoms with Crippen molar-refractivity contribution in [2.24, 2.45) is 5.92 Å². The van der Waals surface area contributed by atoms with E-state index in [1.54, 1.807) is 0 Å². The average Bonchev–Trinajstić information content (AvgIpc) is 2.61. The second-order valence-corrected chi connectivity index (χ2v) is 5.74. The number of aryl methyl sites for hydroxylation is 1. The maximum atomic E-state index is 12.1. The summed E-state index contributed by atoms with van der Waals surface area (Å²) in [5, 5.41) is 2.96. The Labute approximate surface area is 115 Å². The van der Waals surface area contributed by atoms with Crippen LogP contribution in [-0.4, -0.2) is 29.9 Å². The van der Waals surface area contributed by atoms with Crippen LogP contribution in [0.4, 0.5) is 11.4 Å². The molecule has 0 radical (unpaired) electrons. The summed E-state index contributed by atoms with van der Waals surface area (Å²) < 4.78 is 0. The van der Waals surface area contributed by atoms with Crippen molar-refractivity contribution < 1.29 is 4.79 Å². The molecule has 0 aliphatic carbocycles. The van der Waals surface area contributed by atoms with Crippen molar-refractivity contribution >= 4 is 17.3 Å². The molecule has 1 heterocycles. The minimum atomic E-state index is 0.0498. The van der Waals surface area contributed by atoms with Gasteiger partial charge in [0.15, 0.2) is 0 Å². The Morgan fingerprint density at radius 1 is 1.47 bits per heavy atom. The number of likely N-dealkylation sites (tertiary alicyclic amines) is 1. The largest absolute Gasteiger partial charge is 0.399 e. The number of anilines is 2. The number of hydrogen-bond acceptors (Lipinski definition) is 3. The normalized spacial score (nSPS) is 23.5. The van der Waals surface area contributed by atoms with Gasteiger partial charge in [0.1, 0.15) is 0 Å². The quantitative estimate of drug-likeness (QED) is 0.820. The number of hydrogen-bond donors (Lipinski definition) is 2. The highest BCUT2D eigenvalue weighted by Crippen LogP contribution is 2.22. The minimum absolute atomic E-state index is 0.0498. The lowest BCUT2D eigenvalue weighted by atomic mass is 10.1. The van der Waals surface area contributed by atoms with Gasteiger partial charge in [0.05, 0.1) is 6.54 Å². The van der Waals surface area contributed by atoms with Crippen LogP contribution in [0, 0.1) is 12.8 Å². The molecule has 0 spiro atoms. The summed E-state index contributed by atoms with van der Waals surface area (Å²) in [7, 11) is 0. The Morgan fingerprint density at radius 2 is 2.21 bits per heavy atom. The highest BCUT2D eigenvalue weighted by Gasteiger charge is 2.27. The maximum absolute atomic E-state index is 12.1. The molecule has 1 fully saturated rings. The predicted octanol–water partition coefficient (Wildman–Crippen LogP) is 2.25. The minimum Gasteiger partial charge on any atom is -0.399 e. The van der Waals surface area contributed by atoms with E-state index in [9.17, 15) is 4.79 Å². The van der Waals surface area contributed by atoms with Gasteiger partial charge in [-0.15, -0.1) is 0 Å². The molecule has 0 bridgehead atoms. The molecule has 1 saturated heterocycles. The van der Waals surface area contributed by atoms with Crippen molar-refractivity contribution in [1.82, 2.24) is 4.90 Å². The standard InChI is InChI=1S/C15H23N3O/c1-10-6-12(3)18(8-10)9-15(19)17-14-5-4-13(16)7-11(14)2/h4-5,7,10,12H,6,8-9,16H2,1-3H3,(H,17,19). The van der Waals surface area contributed by atoms with Gasteiger partial charge < -0.3 is 11.1 Å². The zero-order valence-electron chi connectivity index (χ0n) is 11.9. The third-order valence-electron chi connectivity index (χ3n) is 3.78. The monoisotopic (exact) mass is 261 g/mol. The molecule has 1 aromatic rings. The van der Waals surface area contributed by atoms with E-state index in [1.807, 2.05) is 25.1 Å². The molecule has 2 rings (SSSR count).